The Morgan fingerprint density at radius 2 is 1.30 bits per heavy atom. The van der Waals surface area contributed by atoms with Crippen LogP contribution in [0.5, 0.6) is 5.75 Å². The second kappa shape index (κ2) is 18.4. The maximum atomic E-state index is 9.93. The maximum absolute atomic E-state index is 9.93. The van der Waals surface area contributed by atoms with Crippen molar-refractivity contribution in [3.05, 3.63) is 66.6 Å². The minimum Gasteiger partial charge on any atom is -0.505 e. The van der Waals surface area contributed by atoms with Crippen molar-refractivity contribution in [1.82, 2.24) is 20.4 Å². The predicted molar refractivity (Wildman–Crippen MR) is 152 cm³/mol. The van der Waals surface area contributed by atoms with Crippen molar-refractivity contribution in [2.24, 2.45) is 5.92 Å². The highest BCUT2D eigenvalue weighted by atomic mass is 35.5. The molecule has 0 aliphatic heterocycles. The van der Waals surface area contributed by atoms with Crippen LogP contribution in [0, 0.1) is 5.92 Å². The highest BCUT2D eigenvalue weighted by molar-refractivity contribution is 6.37. The molecule has 204 valence electrons. The fourth-order valence-electron chi connectivity index (χ4n) is 1.99. The number of phenols is 1. The van der Waals surface area contributed by atoms with E-state index >= 15 is 0 Å². The molecule has 8 nitrogen and oxygen atoms in total. The summed E-state index contributed by atoms with van der Waals surface area (Å²) in [7, 11) is 0. The van der Waals surface area contributed by atoms with Gasteiger partial charge < -0.3 is 15.9 Å². The van der Waals surface area contributed by atoms with Gasteiger partial charge in [0.25, 0.3) is 0 Å². The van der Waals surface area contributed by atoms with E-state index in [1.165, 1.54) is 12.1 Å². The van der Waals surface area contributed by atoms with Crippen LogP contribution in [0.4, 0.5) is 5.69 Å². The van der Waals surface area contributed by atoms with Gasteiger partial charge in [-0.1, -0.05) is 97.3 Å². The van der Waals surface area contributed by atoms with Crippen LogP contribution in [0.25, 0.3) is 0 Å². The van der Waals surface area contributed by atoms with Crippen LogP contribution in [0.3, 0.4) is 0 Å². The number of carboxylic acids is 1. The standard InChI is InChI=1S/C8H10Cl2N2.C6H5Cl2NO.C5H10O2.C4H2Cl2N2/c1-3-5(2)6-4-7(9)11-12-8(6)10;7-4-1-3(9)2-5(8)6(4)10;1-3-4(2)5(6)7;5-3-1-2-4(6)8-7-3/h4-5H,3H2,1-2H3;1-2,10H,9H2;4H,3H2,1-2H3,(H,6,7);1-2H/t;;4-;/m..0./s1. The molecule has 1 unspecified atom stereocenters. The van der Waals surface area contributed by atoms with E-state index in [2.05, 4.69) is 34.2 Å². The maximum Gasteiger partial charge on any atom is 0.306 e. The molecule has 0 saturated heterocycles. The van der Waals surface area contributed by atoms with Crippen LogP contribution in [0.1, 0.15) is 52.0 Å². The third-order valence-corrected chi connectivity index (χ3v) is 6.02. The van der Waals surface area contributed by atoms with Crippen molar-refractivity contribution < 1.29 is 15.0 Å². The zero-order valence-corrected chi connectivity index (χ0v) is 24.9. The predicted octanol–water partition coefficient (Wildman–Crippen LogP) is 8.48. The van der Waals surface area contributed by atoms with Crippen molar-refractivity contribution in [3.8, 4) is 5.75 Å². The molecule has 1 aromatic carbocycles. The summed E-state index contributed by atoms with van der Waals surface area (Å²) in [6.45, 7) is 7.73. The van der Waals surface area contributed by atoms with E-state index in [4.69, 9.17) is 85.6 Å². The first kappa shape index (κ1) is 35.2. The molecule has 37 heavy (non-hydrogen) atoms. The number of halogens is 6. The van der Waals surface area contributed by atoms with E-state index < -0.39 is 5.97 Å². The van der Waals surface area contributed by atoms with Gasteiger partial charge >= 0.3 is 5.97 Å². The van der Waals surface area contributed by atoms with E-state index in [1.807, 2.05) is 6.92 Å². The first-order chi connectivity index (χ1) is 17.2. The summed E-state index contributed by atoms with van der Waals surface area (Å²) in [5.74, 6) is -0.634. The fraction of sp³-hybridized carbons (Fsp3) is 0.348. The largest absolute Gasteiger partial charge is 0.505 e. The number of anilines is 1. The Bertz CT molecular complexity index is 1080. The average Bonchev–Trinajstić information content (AvgIpc) is 2.85. The highest BCUT2D eigenvalue weighted by Crippen LogP contribution is 2.33. The van der Waals surface area contributed by atoms with E-state index in [9.17, 15) is 4.79 Å². The minimum absolute atomic E-state index is 0.127. The Balaban J connectivity index is 0.000000477. The topological polar surface area (TPSA) is 135 Å². The summed E-state index contributed by atoms with van der Waals surface area (Å²) in [5, 5.41) is 33.4. The Labute approximate surface area is 246 Å². The van der Waals surface area contributed by atoms with Gasteiger partial charge in [-0.05, 0) is 54.7 Å². The molecular weight excluding hydrogens is 607 g/mol. The molecule has 14 heteroatoms. The Hall–Kier alpha value is -1.81. The van der Waals surface area contributed by atoms with Gasteiger partial charge in [-0.15, -0.1) is 20.4 Å². The number of nitrogen functional groups attached to an aromatic ring is 1. The number of aromatic hydroxyl groups is 1. The second-order valence-corrected chi connectivity index (χ2v) is 9.72. The number of benzene rings is 1. The molecule has 0 bridgehead atoms. The van der Waals surface area contributed by atoms with E-state index in [-0.39, 0.29) is 21.7 Å². The molecule has 4 N–H and O–H groups in total. The van der Waals surface area contributed by atoms with Crippen LogP contribution >= 0.6 is 69.6 Å². The summed E-state index contributed by atoms with van der Waals surface area (Å²) < 4.78 is 0. The van der Waals surface area contributed by atoms with Gasteiger partial charge in [0.15, 0.2) is 26.4 Å². The van der Waals surface area contributed by atoms with Gasteiger partial charge in [0, 0.05) is 5.69 Å². The lowest BCUT2D eigenvalue weighted by molar-refractivity contribution is -0.141. The van der Waals surface area contributed by atoms with Crippen molar-refractivity contribution in [2.75, 3.05) is 5.73 Å². The number of phenolic OH excluding ortho intramolecular Hbond substituents is 1. The number of hydrogen-bond acceptors (Lipinski definition) is 7. The summed E-state index contributed by atoms with van der Waals surface area (Å²) >= 11 is 33.3. The first-order valence-electron chi connectivity index (χ1n) is 10.7. The van der Waals surface area contributed by atoms with Crippen LogP contribution < -0.4 is 5.73 Å². The van der Waals surface area contributed by atoms with E-state index in [1.54, 1.807) is 25.1 Å². The molecule has 0 aliphatic carbocycles. The Kier molecular flexibility index (Phi) is 17.5. The van der Waals surface area contributed by atoms with Crippen molar-refractivity contribution in [3.63, 3.8) is 0 Å². The molecule has 3 aromatic rings. The lowest BCUT2D eigenvalue weighted by Gasteiger charge is -2.09. The molecule has 2 aromatic heterocycles. The number of nitrogens with two attached hydrogens (primary N) is 1. The lowest BCUT2D eigenvalue weighted by atomic mass is 10.0. The molecule has 0 aliphatic rings. The summed E-state index contributed by atoms with van der Waals surface area (Å²) in [4.78, 5) is 9.93. The van der Waals surface area contributed by atoms with Gasteiger partial charge in [0.2, 0.25) is 0 Å². The SMILES string of the molecule is CCC(C)c1cc(Cl)nnc1Cl.CC[C@H](C)C(=O)O.Clc1ccc(Cl)nn1.Nc1cc(Cl)c(O)c(Cl)c1. The molecular formula is C23H27Cl6N5O3. The van der Waals surface area contributed by atoms with Crippen molar-refractivity contribution >= 4 is 81.3 Å². The van der Waals surface area contributed by atoms with Gasteiger partial charge in [-0.2, -0.15) is 0 Å². The molecule has 3 rings (SSSR count). The van der Waals surface area contributed by atoms with Crippen molar-refractivity contribution in [2.45, 2.75) is 46.5 Å². The summed E-state index contributed by atoms with van der Waals surface area (Å²) in [5.41, 5.74) is 6.76. The number of carboxylic acid groups (broad SMARTS) is 1. The molecule has 0 spiro atoms. The first-order valence-corrected chi connectivity index (χ1v) is 13.0. The highest BCUT2D eigenvalue weighted by Gasteiger charge is 2.10. The summed E-state index contributed by atoms with van der Waals surface area (Å²) in [6.07, 6.45) is 1.73. The van der Waals surface area contributed by atoms with Crippen LogP contribution in [-0.2, 0) is 4.79 Å². The number of aromatic nitrogens is 4. The van der Waals surface area contributed by atoms with Gasteiger partial charge in [0.1, 0.15) is 0 Å². The Morgan fingerprint density at radius 1 is 0.838 bits per heavy atom. The summed E-state index contributed by atoms with van der Waals surface area (Å²) in [6, 6.07) is 7.80. The van der Waals surface area contributed by atoms with Gasteiger partial charge in [-0.3, -0.25) is 4.79 Å². The zero-order valence-electron chi connectivity index (χ0n) is 20.4. The van der Waals surface area contributed by atoms with E-state index in [0.29, 0.717) is 32.2 Å². The normalized spacial score (nSPS) is 11.4. The van der Waals surface area contributed by atoms with Crippen molar-refractivity contribution in [1.29, 1.82) is 0 Å². The third kappa shape index (κ3) is 14.6. The third-order valence-electron chi connectivity index (χ3n) is 4.56. The minimum atomic E-state index is -0.706. The van der Waals surface area contributed by atoms with Gasteiger partial charge in [-0.25, -0.2) is 0 Å². The smallest absolute Gasteiger partial charge is 0.306 e. The molecule has 2 atom stereocenters. The lowest BCUT2D eigenvalue weighted by Crippen LogP contribution is -2.06. The van der Waals surface area contributed by atoms with E-state index in [0.717, 1.165) is 18.4 Å². The van der Waals surface area contributed by atoms with Crippen LogP contribution in [-0.4, -0.2) is 36.6 Å². The number of hydrogen-bond donors (Lipinski definition) is 3. The zero-order chi connectivity index (χ0) is 28.7. The number of rotatable bonds is 4. The molecule has 2 heterocycles. The monoisotopic (exact) mass is 631 g/mol. The molecule has 0 amide bonds. The van der Waals surface area contributed by atoms with Gasteiger partial charge in [0.05, 0.1) is 16.0 Å². The fourth-order valence-corrected chi connectivity index (χ4v) is 3.13. The number of nitrogens with zero attached hydrogens (tertiary/aromatic N) is 4. The van der Waals surface area contributed by atoms with Crippen LogP contribution in [0.2, 0.25) is 30.7 Å². The quantitative estimate of drug-likeness (QED) is 0.192. The van der Waals surface area contributed by atoms with Crippen LogP contribution in [0.15, 0.2) is 30.3 Å². The molecule has 0 radical (unpaired) electrons. The number of carbonyl (C=O) groups is 1. The second-order valence-electron chi connectivity index (χ2n) is 7.38. The molecule has 0 saturated carbocycles. The molecule has 0 fully saturated rings. The number of aliphatic carboxylic acids is 1. The Morgan fingerprint density at radius 3 is 1.65 bits per heavy atom. The average molecular weight is 634 g/mol.